The summed E-state index contributed by atoms with van der Waals surface area (Å²) in [4.78, 5) is 0. The molecule has 2 rings (SSSR count). The molecule has 0 radical (unpaired) electrons. The molecule has 0 aliphatic carbocycles. The predicted octanol–water partition coefficient (Wildman–Crippen LogP) is 2.62. The Labute approximate surface area is 100.0 Å². The van der Waals surface area contributed by atoms with Crippen LogP contribution in [0.3, 0.4) is 0 Å². The first kappa shape index (κ1) is 12.5. The molecular weight excluding hydrogens is 224 g/mol. The van der Waals surface area contributed by atoms with E-state index in [1.807, 2.05) is 6.92 Å². The molecular formula is C13H17F2NO. The molecule has 0 saturated carbocycles. The minimum absolute atomic E-state index is 0.163. The van der Waals surface area contributed by atoms with Gasteiger partial charge < -0.3 is 10.1 Å². The second-order valence-corrected chi connectivity index (χ2v) is 4.74. The van der Waals surface area contributed by atoms with Crippen molar-refractivity contribution in [3.8, 4) is 0 Å². The molecule has 4 heteroatoms. The maximum atomic E-state index is 13.3. The largest absolute Gasteiger partial charge is 0.374 e. The molecule has 0 bridgehead atoms. The van der Waals surface area contributed by atoms with Crippen LogP contribution in [-0.4, -0.2) is 18.8 Å². The van der Waals surface area contributed by atoms with Crippen LogP contribution in [0.4, 0.5) is 8.78 Å². The van der Waals surface area contributed by atoms with Gasteiger partial charge in [-0.1, -0.05) is 0 Å². The van der Waals surface area contributed by atoms with E-state index in [-0.39, 0.29) is 11.4 Å². The topological polar surface area (TPSA) is 21.3 Å². The number of hydrogen-bond acceptors (Lipinski definition) is 2. The number of halogens is 2. The first-order valence-electron chi connectivity index (χ1n) is 5.88. The molecule has 1 atom stereocenters. The van der Waals surface area contributed by atoms with E-state index in [1.165, 1.54) is 6.07 Å². The van der Waals surface area contributed by atoms with Gasteiger partial charge in [0, 0.05) is 25.3 Å². The van der Waals surface area contributed by atoms with Gasteiger partial charge >= 0.3 is 0 Å². The first-order valence-corrected chi connectivity index (χ1v) is 5.88. The lowest BCUT2D eigenvalue weighted by Crippen LogP contribution is -2.36. The molecule has 1 aromatic rings. The van der Waals surface area contributed by atoms with Gasteiger partial charge in [-0.05, 0) is 38.0 Å². The summed E-state index contributed by atoms with van der Waals surface area (Å²) >= 11 is 0. The number of rotatable bonds is 4. The molecule has 1 aliphatic rings. The van der Waals surface area contributed by atoms with E-state index < -0.39 is 5.82 Å². The third-order valence-electron chi connectivity index (χ3n) is 3.12. The molecule has 1 aromatic carbocycles. The normalized spacial score (nSPS) is 24.2. The van der Waals surface area contributed by atoms with Crippen molar-refractivity contribution in [3.63, 3.8) is 0 Å². The molecule has 1 aliphatic heterocycles. The fourth-order valence-corrected chi connectivity index (χ4v) is 2.12. The van der Waals surface area contributed by atoms with E-state index in [2.05, 4.69) is 5.32 Å². The lowest BCUT2D eigenvalue weighted by Gasteiger charge is -2.23. The number of nitrogens with one attached hydrogen (secondary N) is 1. The van der Waals surface area contributed by atoms with Crippen molar-refractivity contribution in [2.24, 2.45) is 0 Å². The SMILES string of the molecule is CC1(CNCc2cc(F)ccc2F)CCCO1. The highest BCUT2D eigenvalue weighted by Gasteiger charge is 2.29. The highest BCUT2D eigenvalue weighted by Crippen LogP contribution is 2.24. The summed E-state index contributed by atoms with van der Waals surface area (Å²) in [6.45, 7) is 3.80. The fourth-order valence-electron chi connectivity index (χ4n) is 2.12. The molecule has 1 heterocycles. The van der Waals surface area contributed by atoms with Gasteiger partial charge in [0.1, 0.15) is 11.6 Å². The van der Waals surface area contributed by atoms with Gasteiger partial charge in [0.2, 0.25) is 0 Å². The lowest BCUT2D eigenvalue weighted by molar-refractivity contribution is 0.0206. The second kappa shape index (κ2) is 5.10. The molecule has 17 heavy (non-hydrogen) atoms. The van der Waals surface area contributed by atoms with Crippen LogP contribution in [0.5, 0.6) is 0 Å². The Morgan fingerprint density at radius 1 is 1.41 bits per heavy atom. The van der Waals surface area contributed by atoms with Crippen LogP contribution in [0.1, 0.15) is 25.3 Å². The Kier molecular flexibility index (Phi) is 3.74. The highest BCUT2D eigenvalue weighted by molar-refractivity contribution is 5.18. The van der Waals surface area contributed by atoms with Gasteiger partial charge in [0.25, 0.3) is 0 Å². The minimum atomic E-state index is -0.411. The Hall–Kier alpha value is -1.00. The van der Waals surface area contributed by atoms with Crippen molar-refractivity contribution in [2.75, 3.05) is 13.2 Å². The van der Waals surface area contributed by atoms with Crippen LogP contribution in [0.25, 0.3) is 0 Å². The van der Waals surface area contributed by atoms with Crippen molar-refractivity contribution in [1.29, 1.82) is 0 Å². The van der Waals surface area contributed by atoms with E-state index in [4.69, 9.17) is 4.74 Å². The molecule has 1 unspecified atom stereocenters. The van der Waals surface area contributed by atoms with E-state index in [9.17, 15) is 8.78 Å². The van der Waals surface area contributed by atoms with E-state index in [0.717, 1.165) is 31.6 Å². The zero-order valence-corrected chi connectivity index (χ0v) is 9.93. The van der Waals surface area contributed by atoms with Crippen LogP contribution in [0.2, 0.25) is 0 Å². The number of hydrogen-bond donors (Lipinski definition) is 1. The van der Waals surface area contributed by atoms with Crippen LogP contribution in [-0.2, 0) is 11.3 Å². The average molecular weight is 241 g/mol. The monoisotopic (exact) mass is 241 g/mol. The van der Waals surface area contributed by atoms with Gasteiger partial charge in [-0.3, -0.25) is 0 Å². The average Bonchev–Trinajstić information content (AvgIpc) is 2.71. The van der Waals surface area contributed by atoms with Gasteiger partial charge in [0.05, 0.1) is 5.60 Å². The van der Waals surface area contributed by atoms with Crippen molar-refractivity contribution in [3.05, 3.63) is 35.4 Å². The van der Waals surface area contributed by atoms with Crippen molar-refractivity contribution in [2.45, 2.75) is 31.9 Å². The standard InChI is InChI=1S/C13H17F2NO/c1-13(5-2-6-17-13)9-16-8-10-7-11(14)3-4-12(10)15/h3-4,7,16H,2,5-6,8-9H2,1H3. The Bertz CT molecular complexity index is 389. The Balaban J connectivity index is 1.87. The Morgan fingerprint density at radius 3 is 2.94 bits per heavy atom. The van der Waals surface area contributed by atoms with Gasteiger partial charge in [-0.2, -0.15) is 0 Å². The molecule has 0 aromatic heterocycles. The van der Waals surface area contributed by atoms with Crippen molar-refractivity contribution in [1.82, 2.24) is 5.32 Å². The summed E-state index contributed by atoms with van der Waals surface area (Å²) in [5.74, 6) is -0.789. The summed E-state index contributed by atoms with van der Waals surface area (Å²) < 4.78 is 31.9. The van der Waals surface area contributed by atoms with Crippen LogP contribution in [0, 0.1) is 11.6 Å². The summed E-state index contributed by atoms with van der Waals surface area (Å²) in [5.41, 5.74) is 0.190. The maximum absolute atomic E-state index is 13.3. The summed E-state index contributed by atoms with van der Waals surface area (Å²) in [5, 5.41) is 3.12. The second-order valence-electron chi connectivity index (χ2n) is 4.74. The third-order valence-corrected chi connectivity index (χ3v) is 3.12. The molecule has 0 spiro atoms. The number of ether oxygens (including phenoxy) is 1. The van der Waals surface area contributed by atoms with Gasteiger partial charge in [-0.15, -0.1) is 0 Å². The summed E-state index contributed by atoms with van der Waals surface area (Å²) in [7, 11) is 0. The summed E-state index contributed by atoms with van der Waals surface area (Å²) in [6.07, 6.45) is 2.07. The quantitative estimate of drug-likeness (QED) is 0.875. The minimum Gasteiger partial charge on any atom is -0.374 e. The molecule has 1 N–H and O–H groups in total. The molecule has 94 valence electrons. The van der Waals surface area contributed by atoms with E-state index in [0.29, 0.717) is 18.7 Å². The van der Waals surface area contributed by atoms with Crippen LogP contribution in [0.15, 0.2) is 18.2 Å². The van der Waals surface area contributed by atoms with Crippen molar-refractivity contribution < 1.29 is 13.5 Å². The third kappa shape index (κ3) is 3.23. The fraction of sp³-hybridized carbons (Fsp3) is 0.538. The van der Waals surface area contributed by atoms with E-state index in [1.54, 1.807) is 0 Å². The van der Waals surface area contributed by atoms with Gasteiger partial charge in [0.15, 0.2) is 0 Å². The van der Waals surface area contributed by atoms with Gasteiger partial charge in [-0.25, -0.2) is 8.78 Å². The molecule has 1 fully saturated rings. The summed E-state index contributed by atoms with van der Waals surface area (Å²) in [6, 6.07) is 3.50. The maximum Gasteiger partial charge on any atom is 0.127 e. The van der Waals surface area contributed by atoms with Crippen molar-refractivity contribution >= 4 is 0 Å². The Morgan fingerprint density at radius 2 is 2.24 bits per heavy atom. The smallest absolute Gasteiger partial charge is 0.127 e. The van der Waals surface area contributed by atoms with Crippen LogP contribution >= 0.6 is 0 Å². The molecule has 2 nitrogen and oxygen atoms in total. The van der Waals surface area contributed by atoms with E-state index >= 15 is 0 Å². The predicted molar refractivity (Wildman–Crippen MR) is 61.7 cm³/mol. The zero-order valence-electron chi connectivity index (χ0n) is 9.93. The molecule has 1 saturated heterocycles. The van der Waals surface area contributed by atoms with Crippen LogP contribution < -0.4 is 5.32 Å². The molecule has 0 amide bonds. The first-order chi connectivity index (χ1) is 8.09. The zero-order chi connectivity index (χ0) is 12.3. The number of benzene rings is 1. The lowest BCUT2D eigenvalue weighted by atomic mass is 10.0. The highest BCUT2D eigenvalue weighted by atomic mass is 19.1.